The van der Waals surface area contributed by atoms with Crippen molar-refractivity contribution in [2.45, 2.75) is 12.5 Å². The molecule has 3 rings (SSSR count). The van der Waals surface area contributed by atoms with Crippen molar-refractivity contribution >= 4 is 17.6 Å². The number of carbonyl (C=O) groups is 2. The summed E-state index contributed by atoms with van der Waals surface area (Å²) >= 11 is 0. The monoisotopic (exact) mass is 280 g/mol. The standard InChI is InChI=1S/C13H16N2O5/c16-12(15-2-5-18-6-3-15)8-20-13(17)10-7-11-9(14-10)1-4-19-11/h1,4,10,14H,2-3,5-8H2. The number of esters is 1. The van der Waals surface area contributed by atoms with E-state index >= 15 is 0 Å². The fourth-order valence-corrected chi connectivity index (χ4v) is 2.33. The molecule has 1 fully saturated rings. The molecular weight excluding hydrogens is 264 g/mol. The molecule has 3 heterocycles. The summed E-state index contributed by atoms with van der Waals surface area (Å²) in [7, 11) is 0. The third kappa shape index (κ3) is 2.62. The largest absolute Gasteiger partial charge is 0.467 e. The van der Waals surface area contributed by atoms with E-state index in [1.54, 1.807) is 17.2 Å². The summed E-state index contributed by atoms with van der Waals surface area (Å²) in [4.78, 5) is 25.4. The van der Waals surface area contributed by atoms with E-state index in [1.807, 2.05) is 0 Å². The highest BCUT2D eigenvalue weighted by Gasteiger charge is 2.31. The molecule has 0 spiro atoms. The minimum absolute atomic E-state index is 0.184. The molecule has 108 valence electrons. The van der Waals surface area contributed by atoms with Crippen molar-refractivity contribution < 1.29 is 23.5 Å². The van der Waals surface area contributed by atoms with Crippen LogP contribution in [0.15, 0.2) is 16.7 Å². The second kappa shape index (κ2) is 5.54. The Kier molecular flexibility index (Phi) is 3.60. The van der Waals surface area contributed by atoms with E-state index in [4.69, 9.17) is 13.9 Å². The average Bonchev–Trinajstić information content (AvgIpc) is 3.06. The van der Waals surface area contributed by atoms with Gasteiger partial charge in [-0.1, -0.05) is 0 Å². The number of rotatable bonds is 3. The minimum atomic E-state index is -0.470. The zero-order valence-electron chi connectivity index (χ0n) is 11.0. The van der Waals surface area contributed by atoms with Crippen molar-refractivity contribution in [1.82, 2.24) is 4.90 Å². The van der Waals surface area contributed by atoms with Gasteiger partial charge >= 0.3 is 5.97 Å². The van der Waals surface area contributed by atoms with Gasteiger partial charge in [-0.25, -0.2) is 4.79 Å². The van der Waals surface area contributed by atoms with E-state index in [-0.39, 0.29) is 12.5 Å². The quantitative estimate of drug-likeness (QED) is 0.786. The lowest BCUT2D eigenvalue weighted by atomic mass is 10.2. The summed E-state index contributed by atoms with van der Waals surface area (Å²) in [5.41, 5.74) is 0.812. The third-order valence-electron chi connectivity index (χ3n) is 3.45. The van der Waals surface area contributed by atoms with Crippen LogP contribution in [0.1, 0.15) is 5.76 Å². The van der Waals surface area contributed by atoms with Crippen molar-refractivity contribution in [3.8, 4) is 0 Å². The average molecular weight is 280 g/mol. The molecule has 0 aliphatic carbocycles. The highest BCUT2D eigenvalue weighted by molar-refractivity contribution is 5.85. The molecule has 0 bridgehead atoms. The smallest absolute Gasteiger partial charge is 0.329 e. The van der Waals surface area contributed by atoms with Crippen molar-refractivity contribution in [3.05, 3.63) is 18.1 Å². The molecule has 0 aromatic carbocycles. The van der Waals surface area contributed by atoms with Gasteiger partial charge in [0.15, 0.2) is 6.61 Å². The number of furan rings is 1. The number of anilines is 1. The Bertz CT molecular complexity index is 486. The molecule has 2 aliphatic heterocycles. The highest BCUT2D eigenvalue weighted by Crippen LogP contribution is 2.26. The van der Waals surface area contributed by atoms with Crippen LogP contribution >= 0.6 is 0 Å². The van der Waals surface area contributed by atoms with Crippen molar-refractivity contribution in [2.24, 2.45) is 0 Å². The van der Waals surface area contributed by atoms with Crippen LogP contribution in [0.25, 0.3) is 0 Å². The minimum Gasteiger partial charge on any atom is -0.467 e. The summed E-state index contributed by atoms with van der Waals surface area (Å²) in [6.45, 7) is 1.94. The first-order valence-corrected chi connectivity index (χ1v) is 6.59. The van der Waals surface area contributed by atoms with Crippen LogP contribution in [0.2, 0.25) is 0 Å². The summed E-state index contributed by atoms with van der Waals surface area (Å²) in [5.74, 6) is 0.126. The second-order valence-corrected chi connectivity index (χ2v) is 4.76. The van der Waals surface area contributed by atoms with Crippen LogP contribution in [-0.2, 0) is 25.5 Å². The van der Waals surface area contributed by atoms with Gasteiger partial charge in [0.25, 0.3) is 5.91 Å². The summed E-state index contributed by atoms with van der Waals surface area (Å²) in [6.07, 6.45) is 2.02. The summed E-state index contributed by atoms with van der Waals surface area (Å²) < 4.78 is 15.4. The zero-order chi connectivity index (χ0) is 13.9. The number of hydrogen-bond acceptors (Lipinski definition) is 6. The first kappa shape index (κ1) is 13.0. The molecule has 1 atom stereocenters. The van der Waals surface area contributed by atoms with Crippen LogP contribution in [0, 0.1) is 0 Å². The number of hydrogen-bond donors (Lipinski definition) is 1. The normalized spacial score (nSPS) is 21.2. The van der Waals surface area contributed by atoms with E-state index in [0.29, 0.717) is 32.7 Å². The maximum Gasteiger partial charge on any atom is 0.329 e. The maximum atomic E-state index is 11.9. The Hall–Kier alpha value is -2.02. The first-order valence-electron chi connectivity index (χ1n) is 6.59. The van der Waals surface area contributed by atoms with Gasteiger partial charge in [0.05, 0.1) is 25.2 Å². The molecule has 1 amide bonds. The number of carbonyl (C=O) groups excluding carboxylic acids is 2. The second-order valence-electron chi connectivity index (χ2n) is 4.76. The fraction of sp³-hybridized carbons (Fsp3) is 0.538. The Balaban J connectivity index is 1.45. The molecule has 1 N–H and O–H groups in total. The van der Waals surface area contributed by atoms with E-state index in [2.05, 4.69) is 5.32 Å². The maximum absolute atomic E-state index is 11.9. The van der Waals surface area contributed by atoms with Gasteiger partial charge in [0.1, 0.15) is 11.8 Å². The molecule has 0 saturated carbocycles. The van der Waals surface area contributed by atoms with Gasteiger partial charge < -0.3 is 24.1 Å². The Morgan fingerprint density at radius 1 is 1.40 bits per heavy atom. The molecule has 0 radical (unpaired) electrons. The van der Waals surface area contributed by atoms with Gasteiger partial charge in [0, 0.05) is 19.5 Å². The van der Waals surface area contributed by atoms with Gasteiger partial charge in [-0.15, -0.1) is 0 Å². The lowest BCUT2D eigenvalue weighted by Gasteiger charge is -2.26. The molecule has 1 aromatic rings. The topological polar surface area (TPSA) is 81.0 Å². The Morgan fingerprint density at radius 3 is 2.95 bits per heavy atom. The van der Waals surface area contributed by atoms with E-state index in [1.165, 1.54) is 0 Å². The van der Waals surface area contributed by atoms with Crippen LogP contribution in [0.4, 0.5) is 5.69 Å². The van der Waals surface area contributed by atoms with Crippen molar-refractivity contribution in [1.29, 1.82) is 0 Å². The molecule has 1 unspecified atom stereocenters. The van der Waals surface area contributed by atoms with Crippen LogP contribution in [-0.4, -0.2) is 55.7 Å². The molecular formula is C13H16N2O5. The lowest BCUT2D eigenvalue weighted by molar-refractivity contribution is -0.154. The molecule has 1 saturated heterocycles. The number of fused-ring (bicyclic) bond motifs is 1. The molecule has 7 nitrogen and oxygen atoms in total. The van der Waals surface area contributed by atoms with Crippen molar-refractivity contribution in [2.75, 3.05) is 38.2 Å². The fourth-order valence-electron chi connectivity index (χ4n) is 2.33. The van der Waals surface area contributed by atoms with Gasteiger partial charge in [-0.05, 0) is 6.07 Å². The lowest BCUT2D eigenvalue weighted by Crippen LogP contribution is -2.43. The molecule has 20 heavy (non-hydrogen) atoms. The number of morpholine rings is 1. The van der Waals surface area contributed by atoms with Gasteiger partial charge in [-0.2, -0.15) is 0 Å². The first-order chi connectivity index (χ1) is 9.74. The number of nitrogens with zero attached hydrogens (tertiary/aromatic N) is 1. The molecule has 2 aliphatic rings. The van der Waals surface area contributed by atoms with E-state index < -0.39 is 12.0 Å². The summed E-state index contributed by atoms with van der Waals surface area (Å²) in [5, 5.41) is 3.00. The van der Waals surface area contributed by atoms with E-state index in [0.717, 1.165) is 11.4 Å². The summed E-state index contributed by atoms with van der Waals surface area (Å²) in [6, 6.07) is 1.30. The predicted molar refractivity (Wildman–Crippen MR) is 68.2 cm³/mol. The molecule has 1 aromatic heterocycles. The number of amides is 1. The number of nitrogens with one attached hydrogen (secondary N) is 1. The van der Waals surface area contributed by atoms with Gasteiger partial charge in [-0.3, -0.25) is 4.79 Å². The third-order valence-corrected chi connectivity index (χ3v) is 3.45. The number of ether oxygens (including phenoxy) is 2. The highest BCUT2D eigenvalue weighted by atomic mass is 16.5. The van der Waals surface area contributed by atoms with Gasteiger partial charge in [0.2, 0.25) is 0 Å². The van der Waals surface area contributed by atoms with Crippen LogP contribution in [0.3, 0.4) is 0 Å². The molecule has 7 heteroatoms. The van der Waals surface area contributed by atoms with Crippen molar-refractivity contribution in [3.63, 3.8) is 0 Å². The SMILES string of the molecule is O=C(OCC(=O)N1CCOCC1)C1Cc2occc2N1. The predicted octanol–water partition coefficient (Wildman–Crippen LogP) is 0.0182. The van der Waals surface area contributed by atoms with E-state index in [9.17, 15) is 9.59 Å². The van der Waals surface area contributed by atoms with Crippen LogP contribution in [0.5, 0.6) is 0 Å². The Labute approximate surface area is 115 Å². The zero-order valence-corrected chi connectivity index (χ0v) is 11.0. The Morgan fingerprint density at radius 2 is 2.20 bits per heavy atom. The van der Waals surface area contributed by atoms with Crippen LogP contribution < -0.4 is 5.32 Å².